The van der Waals surface area contributed by atoms with Crippen LogP contribution in [0.1, 0.15) is 10.4 Å². The number of nitrogens with one attached hydrogen (secondary N) is 1. The Hall–Kier alpha value is -0.750. The number of anilines is 1. The van der Waals surface area contributed by atoms with E-state index in [0.29, 0.717) is 15.2 Å². The predicted octanol–water partition coefficient (Wildman–Crippen LogP) is 5.44. The lowest BCUT2D eigenvalue weighted by atomic mass is 10.2. The quantitative estimate of drug-likeness (QED) is 0.515. The molecular formula is C13H7BrCl2FNOS. The molecule has 0 aliphatic carbocycles. The zero-order chi connectivity index (χ0) is 14.9. The van der Waals surface area contributed by atoms with Crippen molar-refractivity contribution in [1.29, 1.82) is 0 Å². The summed E-state index contributed by atoms with van der Waals surface area (Å²) in [5.41, 5.74) is 0.640. The molecule has 0 atom stereocenters. The maximum absolute atomic E-state index is 13.1. The van der Waals surface area contributed by atoms with Gasteiger partial charge in [-0.15, -0.1) is 12.6 Å². The van der Waals surface area contributed by atoms with Gasteiger partial charge in [0.05, 0.1) is 15.7 Å². The van der Waals surface area contributed by atoms with E-state index in [1.54, 1.807) is 12.1 Å². The third kappa shape index (κ3) is 3.28. The number of benzene rings is 2. The average Bonchev–Trinajstić information content (AvgIpc) is 2.42. The van der Waals surface area contributed by atoms with Crippen molar-refractivity contribution < 1.29 is 9.18 Å². The van der Waals surface area contributed by atoms with E-state index in [1.807, 2.05) is 0 Å². The second-order valence-electron chi connectivity index (χ2n) is 3.84. The molecule has 0 aromatic heterocycles. The van der Waals surface area contributed by atoms with E-state index in [9.17, 15) is 9.18 Å². The highest BCUT2D eigenvalue weighted by Crippen LogP contribution is 2.36. The number of hydrogen-bond acceptors (Lipinski definition) is 2. The minimum Gasteiger partial charge on any atom is -0.321 e. The van der Waals surface area contributed by atoms with Crippen LogP contribution in [0.5, 0.6) is 0 Å². The van der Waals surface area contributed by atoms with E-state index in [4.69, 9.17) is 23.2 Å². The van der Waals surface area contributed by atoms with Gasteiger partial charge in [-0.25, -0.2) is 4.39 Å². The van der Waals surface area contributed by atoms with Gasteiger partial charge in [-0.05, 0) is 46.3 Å². The Bertz CT molecular complexity index is 696. The molecular weight excluding hydrogens is 388 g/mol. The molecule has 1 N–H and O–H groups in total. The van der Waals surface area contributed by atoms with Crippen molar-refractivity contribution in [2.45, 2.75) is 4.90 Å². The fraction of sp³-hybridized carbons (Fsp3) is 0. The Morgan fingerprint density at radius 3 is 2.55 bits per heavy atom. The maximum Gasteiger partial charge on any atom is 0.255 e. The van der Waals surface area contributed by atoms with Gasteiger partial charge >= 0.3 is 0 Å². The Morgan fingerprint density at radius 1 is 1.20 bits per heavy atom. The van der Waals surface area contributed by atoms with Gasteiger partial charge < -0.3 is 5.32 Å². The first-order valence-electron chi connectivity index (χ1n) is 5.33. The molecule has 0 radical (unpaired) electrons. The van der Waals surface area contributed by atoms with E-state index in [-0.39, 0.29) is 15.5 Å². The van der Waals surface area contributed by atoms with Crippen molar-refractivity contribution in [2.75, 3.05) is 5.32 Å². The number of thiol groups is 1. The van der Waals surface area contributed by atoms with Crippen LogP contribution in [-0.2, 0) is 0 Å². The highest BCUT2D eigenvalue weighted by molar-refractivity contribution is 9.10. The SMILES string of the molecule is O=C(Nc1ccc(Br)c(Cl)c1Cl)c1ccc(F)c(S)c1. The normalized spacial score (nSPS) is 10.4. The molecule has 7 heteroatoms. The van der Waals surface area contributed by atoms with Crippen LogP contribution in [0.15, 0.2) is 39.7 Å². The van der Waals surface area contributed by atoms with Crippen molar-refractivity contribution in [3.8, 4) is 0 Å². The van der Waals surface area contributed by atoms with Gasteiger partial charge in [-0.1, -0.05) is 23.2 Å². The van der Waals surface area contributed by atoms with Crippen molar-refractivity contribution in [3.05, 3.63) is 56.2 Å². The molecule has 0 aliphatic rings. The lowest BCUT2D eigenvalue weighted by Crippen LogP contribution is -2.12. The number of carbonyl (C=O) groups excluding carboxylic acids is 1. The summed E-state index contributed by atoms with van der Waals surface area (Å²) in [5.74, 6) is -0.921. The standard InChI is InChI=1S/C13H7BrCl2FNOS/c14-7-2-4-9(12(16)11(7)15)18-13(19)6-1-3-8(17)10(20)5-6/h1-5,20H,(H,18,19). The van der Waals surface area contributed by atoms with Gasteiger partial charge in [0.25, 0.3) is 5.91 Å². The predicted molar refractivity (Wildman–Crippen MR) is 85.8 cm³/mol. The van der Waals surface area contributed by atoms with E-state index in [2.05, 4.69) is 33.9 Å². The molecule has 1 amide bonds. The van der Waals surface area contributed by atoms with Crippen LogP contribution >= 0.6 is 51.8 Å². The summed E-state index contributed by atoms with van der Waals surface area (Å²) in [6.45, 7) is 0. The zero-order valence-electron chi connectivity index (χ0n) is 9.75. The van der Waals surface area contributed by atoms with E-state index in [0.717, 1.165) is 0 Å². The van der Waals surface area contributed by atoms with Crippen LogP contribution in [0, 0.1) is 5.82 Å². The van der Waals surface area contributed by atoms with Gasteiger partial charge in [-0.2, -0.15) is 0 Å². The van der Waals surface area contributed by atoms with Gasteiger partial charge in [0, 0.05) is 14.9 Å². The van der Waals surface area contributed by atoms with Crippen molar-refractivity contribution in [2.24, 2.45) is 0 Å². The van der Waals surface area contributed by atoms with Crippen LogP contribution in [-0.4, -0.2) is 5.91 Å². The van der Waals surface area contributed by atoms with Gasteiger partial charge in [0.15, 0.2) is 0 Å². The van der Waals surface area contributed by atoms with E-state index < -0.39 is 11.7 Å². The smallest absolute Gasteiger partial charge is 0.255 e. The molecule has 2 nitrogen and oxygen atoms in total. The monoisotopic (exact) mass is 393 g/mol. The second-order valence-corrected chi connectivity index (χ2v) is 5.94. The topological polar surface area (TPSA) is 29.1 Å². The molecule has 104 valence electrons. The third-order valence-electron chi connectivity index (χ3n) is 2.49. The molecule has 2 rings (SSSR count). The van der Waals surface area contributed by atoms with E-state index >= 15 is 0 Å². The molecule has 0 saturated carbocycles. The largest absolute Gasteiger partial charge is 0.321 e. The molecule has 0 saturated heterocycles. The summed E-state index contributed by atoms with van der Waals surface area (Å²) in [7, 11) is 0. The van der Waals surface area contributed by atoms with Crippen molar-refractivity contribution >= 4 is 63.4 Å². The summed E-state index contributed by atoms with van der Waals surface area (Å²) in [6, 6.07) is 7.15. The molecule has 0 unspecified atom stereocenters. The minimum atomic E-state index is -0.491. The molecule has 0 spiro atoms. The van der Waals surface area contributed by atoms with Crippen LogP contribution in [0.4, 0.5) is 10.1 Å². The maximum atomic E-state index is 13.1. The van der Waals surface area contributed by atoms with Gasteiger partial charge in [-0.3, -0.25) is 4.79 Å². The average molecular weight is 395 g/mol. The van der Waals surface area contributed by atoms with Crippen LogP contribution in [0.3, 0.4) is 0 Å². The zero-order valence-corrected chi connectivity index (χ0v) is 13.7. The molecule has 0 heterocycles. The summed E-state index contributed by atoms with van der Waals surface area (Å²) >= 11 is 19.2. The fourth-order valence-electron chi connectivity index (χ4n) is 1.47. The first-order valence-corrected chi connectivity index (χ1v) is 7.33. The molecule has 0 bridgehead atoms. The molecule has 0 fully saturated rings. The molecule has 2 aromatic rings. The van der Waals surface area contributed by atoms with Crippen molar-refractivity contribution in [3.63, 3.8) is 0 Å². The summed E-state index contributed by atoms with van der Waals surface area (Å²) in [5, 5.41) is 3.14. The first-order chi connectivity index (χ1) is 9.40. The van der Waals surface area contributed by atoms with Crippen molar-refractivity contribution in [1.82, 2.24) is 0 Å². The van der Waals surface area contributed by atoms with Gasteiger partial charge in [0.2, 0.25) is 0 Å². The summed E-state index contributed by atoms with van der Waals surface area (Å²) in [6.07, 6.45) is 0. The van der Waals surface area contributed by atoms with E-state index in [1.165, 1.54) is 18.2 Å². The summed E-state index contributed by atoms with van der Waals surface area (Å²) < 4.78 is 13.7. The number of rotatable bonds is 2. The lowest BCUT2D eigenvalue weighted by Gasteiger charge is -2.09. The number of halogens is 4. The lowest BCUT2D eigenvalue weighted by molar-refractivity contribution is 0.102. The Morgan fingerprint density at radius 2 is 1.90 bits per heavy atom. The Labute approximate surface area is 138 Å². The summed E-state index contributed by atoms with van der Waals surface area (Å²) in [4.78, 5) is 12.1. The first kappa shape index (κ1) is 15.6. The van der Waals surface area contributed by atoms with Crippen LogP contribution in [0.2, 0.25) is 10.0 Å². The van der Waals surface area contributed by atoms with Crippen LogP contribution < -0.4 is 5.32 Å². The Balaban J connectivity index is 2.28. The highest BCUT2D eigenvalue weighted by atomic mass is 79.9. The Kier molecular flexibility index (Phi) is 4.96. The highest BCUT2D eigenvalue weighted by Gasteiger charge is 2.13. The molecule has 0 aliphatic heterocycles. The fourth-order valence-corrected chi connectivity index (χ4v) is 2.51. The third-order valence-corrected chi connectivity index (χ3v) is 4.61. The second kappa shape index (κ2) is 6.35. The number of carbonyl (C=O) groups is 1. The van der Waals surface area contributed by atoms with Gasteiger partial charge in [0.1, 0.15) is 5.82 Å². The minimum absolute atomic E-state index is 0.0950. The molecule has 2 aromatic carbocycles. The number of hydrogen-bond donors (Lipinski definition) is 2. The molecule has 20 heavy (non-hydrogen) atoms. The number of amides is 1. The van der Waals surface area contributed by atoms with Crippen LogP contribution in [0.25, 0.3) is 0 Å².